The highest BCUT2D eigenvalue weighted by atomic mass is 32.2. The molecule has 3 rings (SSSR count). The number of aromatic nitrogens is 3. The average Bonchev–Trinajstić information content (AvgIpc) is 3.01. The number of halogens is 1. The molecule has 0 radical (unpaired) electrons. The van der Waals surface area contributed by atoms with E-state index >= 15 is 0 Å². The summed E-state index contributed by atoms with van der Waals surface area (Å²) < 4.78 is 20.0. The Morgan fingerprint density at radius 2 is 2.07 bits per heavy atom. The van der Waals surface area contributed by atoms with Crippen molar-refractivity contribution in [3.63, 3.8) is 0 Å². The van der Waals surface area contributed by atoms with Gasteiger partial charge in [-0.25, -0.2) is 9.07 Å². The number of thioether (sulfide) groups is 1. The molecule has 27 heavy (non-hydrogen) atoms. The molecule has 0 atom stereocenters. The van der Waals surface area contributed by atoms with Gasteiger partial charge >= 0.3 is 0 Å². The van der Waals surface area contributed by atoms with Gasteiger partial charge in [-0.1, -0.05) is 30.0 Å². The van der Waals surface area contributed by atoms with Crippen molar-refractivity contribution in [1.29, 1.82) is 0 Å². The van der Waals surface area contributed by atoms with Crippen molar-refractivity contribution in [2.24, 2.45) is 0 Å². The van der Waals surface area contributed by atoms with Crippen LogP contribution in [0, 0.1) is 5.82 Å². The number of nitrogen functional groups attached to an aromatic ring is 1. The van der Waals surface area contributed by atoms with Crippen LogP contribution in [0.1, 0.15) is 6.92 Å². The van der Waals surface area contributed by atoms with E-state index in [1.807, 2.05) is 31.2 Å². The summed E-state index contributed by atoms with van der Waals surface area (Å²) >= 11 is 1.14. The normalized spacial score (nSPS) is 10.6. The Morgan fingerprint density at radius 3 is 2.85 bits per heavy atom. The van der Waals surface area contributed by atoms with E-state index in [0.29, 0.717) is 29.0 Å². The lowest BCUT2D eigenvalue weighted by atomic mass is 10.2. The van der Waals surface area contributed by atoms with Gasteiger partial charge in [-0.3, -0.25) is 4.79 Å². The van der Waals surface area contributed by atoms with Gasteiger partial charge in [-0.15, -0.1) is 10.2 Å². The lowest BCUT2D eigenvalue weighted by molar-refractivity contribution is -0.113. The first-order chi connectivity index (χ1) is 13.1. The van der Waals surface area contributed by atoms with Gasteiger partial charge in [-0.2, -0.15) is 0 Å². The molecule has 1 aromatic heterocycles. The van der Waals surface area contributed by atoms with Crippen LogP contribution in [-0.4, -0.2) is 33.1 Å². The molecule has 7 nitrogen and oxygen atoms in total. The summed E-state index contributed by atoms with van der Waals surface area (Å²) in [5.74, 6) is 6.59. The fourth-order valence-corrected chi connectivity index (χ4v) is 3.01. The van der Waals surface area contributed by atoms with E-state index in [1.165, 1.54) is 22.9 Å². The fraction of sp³-hybridized carbons (Fsp3) is 0.167. The summed E-state index contributed by atoms with van der Waals surface area (Å²) in [6.45, 7) is 2.46. The van der Waals surface area contributed by atoms with Crippen molar-refractivity contribution >= 4 is 23.4 Å². The average molecular weight is 387 g/mol. The Hall–Kier alpha value is -3.07. The number of nitrogens with zero attached hydrogens (tertiary/aromatic N) is 3. The van der Waals surface area contributed by atoms with E-state index in [9.17, 15) is 9.18 Å². The highest BCUT2D eigenvalue weighted by Gasteiger charge is 2.14. The highest BCUT2D eigenvalue weighted by Crippen LogP contribution is 2.25. The summed E-state index contributed by atoms with van der Waals surface area (Å²) in [6, 6.07) is 13.0. The second kappa shape index (κ2) is 8.54. The third-order valence-corrected chi connectivity index (χ3v) is 4.45. The second-order valence-corrected chi connectivity index (χ2v) is 6.43. The van der Waals surface area contributed by atoms with Gasteiger partial charge in [0, 0.05) is 11.3 Å². The topological polar surface area (TPSA) is 95.1 Å². The number of nitrogens with two attached hydrogens (primary N) is 1. The first-order valence-electron chi connectivity index (χ1n) is 8.18. The molecule has 0 bridgehead atoms. The van der Waals surface area contributed by atoms with Gasteiger partial charge < -0.3 is 15.9 Å². The Bertz CT molecular complexity index is 947. The van der Waals surface area contributed by atoms with Crippen molar-refractivity contribution in [2.45, 2.75) is 12.1 Å². The number of ether oxygens (including phenoxy) is 1. The van der Waals surface area contributed by atoms with E-state index < -0.39 is 5.82 Å². The number of hydrogen-bond acceptors (Lipinski definition) is 6. The largest absolute Gasteiger partial charge is 0.494 e. The first-order valence-corrected chi connectivity index (χ1v) is 9.17. The smallest absolute Gasteiger partial charge is 0.234 e. The lowest BCUT2D eigenvalue weighted by Crippen LogP contribution is -2.16. The maximum absolute atomic E-state index is 13.2. The Kier molecular flexibility index (Phi) is 5.92. The van der Waals surface area contributed by atoms with Crippen LogP contribution in [0.2, 0.25) is 0 Å². The van der Waals surface area contributed by atoms with E-state index in [1.54, 1.807) is 6.07 Å². The van der Waals surface area contributed by atoms with E-state index in [-0.39, 0.29) is 11.7 Å². The minimum Gasteiger partial charge on any atom is -0.494 e. The van der Waals surface area contributed by atoms with E-state index in [0.717, 1.165) is 17.3 Å². The van der Waals surface area contributed by atoms with Gasteiger partial charge in [0.05, 0.1) is 12.4 Å². The number of nitrogens with one attached hydrogen (secondary N) is 1. The molecule has 3 N–H and O–H groups in total. The molecule has 2 aromatic carbocycles. The molecule has 1 amide bonds. The van der Waals surface area contributed by atoms with E-state index in [2.05, 4.69) is 15.5 Å². The molecule has 0 aliphatic carbocycles. The molecular weight excluding hydrogens is 369 g/mol. The van der Waals surface area contributed by atoms with Crippen molar-refractivity contribution in [3.05, 3.63) is 54.3 Å². The Morgan fingerprint density at radius 1 is 1.26 bits per heavy atom. The van der Waals surface area contributed by atoms with Crippen molar-refractivity contribution in [2.75, 3.05) is 23.5 Å². The van der Waals surface area contributed by atoms with Crippen LogP contribution in [-0.2, 0) is 4.79 Å². The number of carbonyl (C=O) groups is 1. The monoisotopic (exact) mass is 387 g/mol. The molecule has 0 aliphatic heterocycles. The first kappa shape index (κ1) is 18.7. The number of anilines is 1. The minimum absolute atomic E-state index is 0.0603. The summed E-state index contributed by atoms with van der Waals surface area (Å²) in [7, 11) is 0. The quantitative estimate of drug-likeness (QED) is 0.478. The zero-order chi connectivity index (χ0) is 19.2. The van der Waals surface area contributed by atoms with Gasteiger partial charge in [0.1, 0.15) is 11.6 Å². The maximum atomic E-state index is 13.2. The summed E-state index contributed by atoms with van der Waals surface area (Å²) in [5.41, 5.74) is 1.15. The lowest BCUT2D eigenvalue weighted by Gasteiger charge is -2.07. The second-order valence-electron chi connectivity index (χ2n) is 5.48. The zero-order valence-electron chi connectivity index (χ0n) is 14.6. The number of rotatable bonds is 7. The SMILES string of the molecule is CCOc1cccc(-c2nnc(SCC(=O)Nc3cccc(F)c3)n2N)c1. The van der Waals surface area contributed by atoms with Gasteiger partial charge in [0.25, 0.3) is 0 Å². The molecule has 0 aliphatic rings. The van der Waals surface area contributed by atoms with Crippen molar-refractivity contribution < 1.29 is 13.9 Å². The van der Waals surface area contributed by atoms with E-state index in [4.69, 9.17) is 10.6 Å². The van der Waals surface area contributed by atoms with Gasteiger partial charge in [-0.05, 0) is 37.3 Å². The standard InChI is InChI=1S/C18H18FN5O2S/c1-2-26-15-8-3-5-12(9-15)17-22-23-18(24(17)20)27-11-16(25)21-14-7-4-6-13(19)10-14/h3-10H,2,11,20H2,1H3,(H,21,25). The molecule has 0 saturated heterocycles. The summed E-state index contributed by atoms with van der Waals surface area (Å²) in [5, 5.41) is 11.1. The Labute approximate surface area is 159 Å². The highest BCUT2D eigenvalue weighted by molar-refractivity contribution is 7.99. The molecular formula is C18H18FN5O2S. The molecule has 1 heterocycles. The van der Waals surface area contributed by atoms with Crippen LogP contribution in [0.15, 0.2) is 53.7 Å². The fourth-order valence-electron chi connectivity index (χ4n) is 2.36. The summed E-state index contributed by atoms with van der Waals surface area (Å²) in [6.07, 6.45) is 0. The van der Waals surface area contributed by atoms with Crippen molar-refractivity contribution in [1.82, 2.24) is 14.9 Å². The zero-order valence-corrected chi connectivity index (χ0v) is 15.4. The van der Waals surface area contributed by atoms with Gasteiger partial charge in [0.15, 0.2) is 5.82 Å². The van der Waals surface area contributed by atoms with Crippen LogP contribution >= 0.6 is 11.8 Å². The number of carbonyl (C=O) groups excluding carboxylic acids is 1. The molecule has 140 valence electrons. The van der Waals surface area contributed by atoms with Crippen LogP contribution in [0.4, 0.5) is 10.1 Å². The summed E-state index contributed by atoms with van der Waals surface area (Å²) in [4.78, 5) is 12.0. The third kappa shape index (κ3) is 4.76. The maximum Gasteiger partial charge on any atom is 0.234 e. The number of amides is 1. The molecule has 9 heteroatoms. The molecule has 0 saturated carbocycles. The van der Waals surface area contributed by atoms with Crippen LogP contribution in [0.3, 0.4) is 0 Å². The van der Waals surface area contributed by atoms with Gasteiger partial charge in [0.2, 0.25) is 11.1 Å². The molecule has 0 fully saturated rings. The Balaban J connectivity index is 1.65. The predicted octanol–water partition coefficient (Wildman–Crippen LogP) is 2.93. The van der Waals surface area contributed by atoms with Crippen LogP contribution in [0.25, 0.3) is 11.4 Å². The predicted molar refractivity (Wildman–Crippen MR) is 103 cm³/mol. The molecule has 0 unspecified atom stereocenters. The molecule has 0 spiro atoms. The molecule has 3 aromatic rings. The van der Waals surface area contributed by atoms with Crippen LogP contribution in [0.5, 0.6) is 5.75 Å². The third-order valence-electron chi connectivity index (χ3n) is 3.51. The minimum atomic E-state index is -0.416. The van der Waals surface area contributed by atoms with Crippen LogP contribution < -0.4 is 15.9 Å². The van der Waals surface area contributed by atoms with Crippen molar-refractivity contribution in [3.8, 4) is 17.1 Å². The number of hydrogen-bond donors (Lipinski definition) is 2. The number of benzene rings is 2.